The molecule has 7 rings (SSSR count). The van der Waals surface area contributed by atoms with Gasteiger partial charge in [-0.05, 0) is 47.5 Å². The summed E-state index contributed by atoms with van der Waals surface area (Å²) in [5.41, 5.74) is 9.60. The van der Waals surface area contributed by atoms with Crippen molar-refractivity contribution in [3.8, 4) is 45.0 Å². The van der Waals surface area contributed by atoms with Crippen molar-refractivity contribution in [2.75, 3.05) is 0 Å². The minimum Gasteiger partial charge on any atom is -0.245 e. The molecule has 0 bridgehead atoms. The lowest BCUT2D eigenvalue weighted by atomic mass is 9.98. The average Bonchev–Trinajstić information content (AvgIpc) is 3.00. The van der Waals surface area contributed by atoms with Crippen molar-refractivity contribution in [3.63, 3.8) is 0 Å². The number of para-hydroxylation sites is 2. The van der Waals surface area contributed by atoms with Gasteiger partial charge in [0.1, 0.15) is 0 Å². The van der Waals surface area contributed by atoms with Gasteiger partial charge in [-0.25, -0.2) is 15.0 Å². The van der Waals surface area contributed by atoms with Crippen LogP contribution in [0, 0.1) is 0 Å². The molecule has 0 atom stereocenters. The molecule has 0 aliphatic rings. The first-order valence-electron chi connectivity index (χ1n) is 12.7. The molecule has 0 radical (unpaired) electrons. The Balaban J connectivity index is 1.46. The Bertz CT molecular complexity index is 1770. The third-order valence-electron chi connectivity index (χ3n) is 6.85. The Morgan fingerprint density at radius 2 is 0.763 bits per heavy atom. The second-order valence-electron chi connectivity index (χ2n) is 9.29. The topological polar surface area (TPSA) is 38.7 Å². The van der Waals surface area contributed by atoms with E-state index in [1.807, 2.05) is 48.5 Å². The van der Waals surface area contributed by atoms with E-state index in [0.717, 1.165) is 66.8 Å². The highest BCUT2D eigenvalue weighted by Crippen LogP contribution is 2.36. The van der Waals surface area contributed by atoms with Gasteiger partial charge in [0.05, 0.1) is 33.8 Å². The van der Waals surface area contributed by atoms with Gasteiger partial charge < -0.3 is 0 Å². The molecule has 0 N–H and O–H groups in total. The maximum Gasteiger partial charge on any atom is 0.0972 e. The van der Waals surface area contributed by atoms with E-state index < -0.39 is 0 Å². The fourth-order valence-corrected chi connectivity index (χ4v) is 5.00. The maximum atomic E-state index is 5.17. The van der Waals surface area contributed by atoms with Crippen molar-refractivity contribution in [1.82, 2.24) is 15.0 Å². The summed E-state index contributed by atoms with van der Waals surface area (Å²) >= 11 is 0. The first-order valence-corrected chi connectivity index (χ1v) is 12.7. The fourth-order valence-electron chi connectivity index (χ4n) is 5.00. The number of hydrogen-bond acceptors (Lipinski definition) is 3. The summed E-state index contributed by atoms with van der Waals surface area (Å²) < 4.78 is 0. The van der Waals surface area contributed by atoms with Crippen LogP contribution in [0.25, 0.3) is 66.8 Å². The molecule has 0 unspecified atom stereocenters. The van der Waals surface area contributed by atoms with Crippen molar-refractivity contribution >= 4 is 21.8 Å². The molecule has 0 amide bonds. The van der Waals surface area contributed by atoms with Gasteiger partial charge in [-0.15, -0.1) is 0 Å². The SMILES string of the molecule is c1ccc(-c2cc3ccccc3nc2-c2cccc(-c3nc4ccccc4cc3-c3ccccc3)n2)cc1. The van der Waals surface area contributed by atoms with Crippen LogP contribution >= 0.6 is 0 Å². The van der Waals surface area contributed by atoms with Crippen LogP contribution in [-0.4, -0.2) is 15.0 Å². The Kier molecular flexibility index (Phi) is 5.45. The zero-order valence-corrected chi connectivity index (χ0v) is 20.6. The molecule has 38 heavy (non-hydrogen) atoms. The van der Waals surface area contributed by atoms with Gasteiger partial charge in [0.25, 0.3) is 0 Å². The molecule has 0 fully saturated rings. The van der Waals surface area contributed by atoms with Crippen LogP contribution in [0.5, 0.6) is 0 Å². The largest absolute Gasteiger partial charge is 0.245 e. The molecule has 0 aliphatic heterocycles. The highest BCUT2D eigenvalue weighted by molar-refractivity contribution is 5.93. The van der Waals surface area contributed by atoms with Crippen molar-refractivity contribution in [1.29, 1.82) is 0 Å². The summed E-state index contributed by atoms with van der Waals surface area (Å²) in [6.45, 7) is 0. The van der Waals surface area contributed by atoms with Crippen LogP contribution in [0.4, 0.5) is 0 Å². The van der Waals surface area contributed by atoms with Crippen LogP contribution in [-0.2, 0) is 0 Å². The molecule has 178 valence electrons. The highest BCUT2D eigenvalue weighted by Gasteiger charge is 2.16. The summed E-state index contributed by atoms with van der Waals surface area (Å²) in [4.78, 5) is 15.4. The minimum absolute atomic E-state index is 0.820. The van der Waals surface area contributed by atoms with Crippen molar-refractivity contribution in [3.05, 3.63) is 140 Å². The number of fused-ring (bicyclic) bond motifs is 2. The predicted octanol–water partition coefficient (Wildman–Crippen LogP) is 8.85. The number of aromatic nitrogens is 3. The predicted molar refractivity (Wildman–Crippen MR) is 157 cm³/mol. The lowest BCUT2D eigenvalue weighted by molar-refractivity contribution is 1.25. The van der Waals surface area contributed by atoms with E-state index in [1.54, 1.807) is 0 Å². The Morgan fingerprint density at radius 1 is 0.342 bits per heavy atom. The second-order valence-corrected chi connectivity index (χ2v) is 9.29. The normalized spacial score (nSPS) is 11.2. The molecule has 3 nitrogen and oxygen atoms in total. The molecule has 0 saturated carbocycles. The van der Waals surface area contributed by atoms with E-state index in [-0.39, 0.29) is 0 Å². The maximum absolute atomic E-state index is 5.17. The molecule has 3 heterocycles. The van der Waals surface area contributed by atoms with E-state index in [1.165, 1.54) is 0 Å². The van der Waals surface area contributed by atoms with E-state index in [9.17, 15) is 0 Å². The molecular weight excluding hydrogens is 462 g/mol. The number of rotatable bonds is 4. The Morgan fingerprint density at radius 3 is 1.24 bits per heavy atom. The lowest BCUT2D eigenvalue weighted by Crippen LogP contribution is -1.97. The zero-order chi connectivity index (χ0) is 25.3. The van der Waals surface area contributed by atoms with E-state index in [0.29, 0.717) is 0 Å². The van der Waals surface area contributed by atoms with E-state index in [2.05, 4.69) is 91.0 Å². The van der Waals surface area contributed by atoms with Crippen LogP contribution in [0.2, 0.25) is 0 Å². The number of pyridine rings is 3. The first kappa shape index (κ1) is 22.1. The first-order chi connectivity index (χ1) is 18.8. The summed E-state index contributed by atoms with van der Waals surface area (Å²) in [6, 6.07) is 47.8. The smallest absolute Gasteiger partial charge is 0.0972 e. The van der Waals surface area contributed by atoms with Crippen LogP contribution in [0.1, 0.15) is 0 Å². The summed E-state index contributed by atoms with van der Waals surface area (Å²) in [7, 11) is 0. The third kappa shape index (κ3) is 4.00. The second kappa shape index (κ2) is 9.38. The summed E-state index contributed by atoms with van der Waals surface area (Å²) in [5.74, 6) is 0. The van der Waals surface area contributed by atoms with Gasteiger partial charge in [0, 0.05) is 21.9 Å². The fraction of sp³-hybridized carbons (Fsp3) is 0. The Labute approximate surface area is 221 Å². The lowest BCUT2D eigenvalue weighted by Gasteiger charge is -2.14. The van der Waals surface area contributed by atoms with Gasteiger partial charge >= 0.3 is 0 Å². The molecule has 4 aromatic carbocycles. The number of hydrogen-bond donors (Lipinski definition) is 0. The third-order valence-corrected chi connectivity index (χ3v) is 6.85. The molecule has 0 aliphatic carbocycles. The highest BCUT2D eigenvalue weighted by atomic mass is 14.8. The van der Waals surface area contributed by atoms with Crippen LogP contribution in [0.15, 0.2) is 140 Å². The quantitative estimate of drug-likeness (QED) is 0.250. The van der Waals surface area contributed by atoms with Gasteiger partial charge in [0.2, 0.25) is 0 Å². The van der Waals surface area contributed by atoms with Crippen molar-refractivity contribution in [2.24, 2.45) is 0 Å². The molecule has 7 aromatic rings. The molecule has 3 heteroatoms. The van der Waals surface area contributed by atoms with Gasteiger partial charge in [0.15, 0.2) is 0 Å². The van der Waals surface area contributed by atoms with Gasteiger partial charge in [-0.2, -0.15) is 0 Å². The molecule has 0 saturated heterocycles. The van der Waals surface area contributed by atoms with E-state index >= 15 is 0 Å². The number of benzene rings is 4. The Hall–Kier alpha value is -5.15. The van der Waals surface area contributed by atoms with Crippen LogP contribution in [0.3, 0.4) is 0 Å². The van der Waals surface area contributed by atoms with Crippen molar-refractivity contribution in [2.45, 2.75) is 0 Å². The summed E-state index contributed by atoms with van der Waals surface area (Å²) in [5, 5.41) is 2.21. The monoisotopic (exact) mass is 485 g/mol. The average molecular weight is 486 g/mol. The zero-order valence-electron chi connectivity index (χ0n) is 20.6. The standard InChI is InChI=1S/C35H23N3/c1-3-12-24(13-4-1)28-22-26-16-7-9-18-30(26)37-34(28)32-20-11-21-33(36-32)35-29(25-14-5-2-6-15-25)23-27-17-8-10-19-31(27)38-35/h1-23H. The number of nitrogens with zero attached hydrogens (tertiary/aromatic N) is 3. The van der Waals surface area contributed by atoms with E-state index in [4.69, 9.17) is 15.0 Å². The minimum atomic E-state index is 0.820. The van der Waals surface area contributed by atoms with Gasteiger partial charge in [-0.3, -0.25) is 0 Å². The molecular formula is C35H23N3. The van der Waals surface area contributed by atoms with Crippen LogP contribution < -0.4 is 0 Å². The molecule has 0 spiro atoms. The molecule has 3 aromatic heterocycles. The van der Waals surface area contributed by atoms with Crippen molar-refractivity contribution < 1.29 is 0 Å². The van der Waals surface area contributed by atoms with Gasteiger partial charge in [-0.1, -0.05) is 103 Å². The summed E-state index contributed by atoms with van der Waals surface area (Å²) in [6.07, 6.45) is 0.